The van der Waals surface area contributed by atoms with E-state index in [4.69, 9.17) is 4.74 Å². The molecule has 0 saturated carbocycles. The van der Waals surface area contributed by atoms with Crippen LogP contribution in [-0.2, 0) is 9.53 Å². The quantitative estimate of drug-likeness (QED) is 0.598. The molecule has 5 nitrogen and oxygen atoms in total. The van der Waals surface area contributed by atoms with Gasteiger partial charge in [-0.05, 0) is 41.2 Å². The average molecular weight is 391 g/mol. The molecule has 0 spiro atoms. The van der Waals surface area contributed by atoms with Crippen molar-refractivity contribution >= 4 is 51.0 Å². The van der Waals surface area contributed by atoms with Gasteiger partial charge in [0.15, 0.2) is 0 Å². The molecule has 0 bridgehead atoms. The van der Waals surface area contributed by atoms with Gasteiger partial charge in [0.2, 0.25) is 0 Å². The van der Waals surface area contributed by atoms with E-state index < -0.39 is 12.0 Å². The monoisotopic (exact) mass is 390 g/mol. The fourth-order valence-electron chi connectivity index (χ4n) is 1.96. The summed E-state index contributed by atoms with van der Waals surface area (Å²) in [5.41, 5.74) is 0.979. The Morgan fingerprint density at radius 1 is 1.52 bits per heavy atom. The summed E-state index contributed by atoms with van der Waals surface area (Å²) in [5.74, 6) is 0.344. The number of carbonyl (C=O) groups excluding carboxylic acids is 2. The van der Waals surface area contributed by atoms with Gasteiger partial charge in [0.25, 0.3) is 0 Å². The van der Waals surface area contributed by atoms with Gasteiger partial charge in [-0.15, -0.1) is 11.3 Å². The summed E-state index contributed by atoms with van der Waals surface area (Å²) in [6, 6.07) is 2.98. The van der Waals surface area contributed by atoms with E-state index in [9.17, 15) is 9.59 Å². The number of rotatable bonds is 5. The molecule has 1 atom stereocenters. The van der Waals surface area contributed by atoms with E-state index in [1.54, 1.807) is 18.7 Å². The van der Waals surface area contributed by atoms with Crippen LogP contribution in [0.2, 0.25) is 0 Å². The molecule has 0 radical (unpaired) electrons. The highest BCUT2D eigenvalue weighted by Crippen LogP contribution is 2.34. The van der Waals surface area contributed by atoms with Crippen LogP contribution in [0.5, 0.6) is 0 Å². The molecule has 1 aliphatic rings. The zero-order chi connectivity index (χ0) is 15.4. The summed E-state index contributed by atoms with van der Waals surface area (Å²) in [7, 11) is 0. The lowest BCUT2D eigenvalue weighted by Gasteiger charge is -2.27. The molecule has 0 fully saturated rings. The first-order valence-corrected chi connectivity index (χ1v) is 9.23. The standard InChI is InChI=1S/C13H15BrN2O3S2/c1-7-10(12(17)19-5-6-20-2)11(16-13(18)15-7)8-3-4-9(14)21-8/h3-4,11H,5-6H2,1-2H3,(H2,15,16,18)/t11-/m0/s1. The van der Waals surface area contributed by atoms with Crippen molar-refractivity contribution in [2.75, 3.05) is 18.6 Å². The number of urea groups is 1. The number of thioether (sulfide) groups is 1. The van der Waals surface area contributed by atoms with Crippen molar-refractivity contribution in [1.29, 1.82) is 0 Å². The molecule has 2 N–H and O–H groups in total. The number of esters is 1. The normalized spacial score (nSPS) is 18.2. The molecule has 114 valence electrons. The molecule has 0 aromatic carbocycles. The first kappa shape index (κ1) is 16.4. The minimum atomic E-state index is -0.475. The maximum Gasteiger partial charge on any atom is 0.338 e. The van der Waals surface area contributed by atoms with Crippen LogP contribution in [-0.4, -0.2) is 30.6 Å². The zero-order valence-electron chi connectivity index (χ0n) is 11.6. The van der Waals surface area contributed by atoms with Crippen LogP contribution in [0, 0.1) is 0 Å². The van der Waals surface area contributed by atoms with Crippen LogP contribution >= 0.6 is 39.0 Å². The maximum absolute atomic E-state index is 12.3. The Bertz CT molecular complexity index is 586. The molecule has 1 aromatic heterocycles. The molecule has 0 aliphatic carbocycles. The second-order valence-corrected chi connectivity index (χ2v) is 7.82. The third kappa shape index (κ3) is 4.02. The molecule has 1 aromatic rings. The molecule has 0 unspecified atom stereocenters. The van der Waals surface area contributed by atoms with Crippen molar-refractivity contribution in [3.63, 3.8) is 0 Å². The van der Waals surface area contributed by atoms with E-state index in [2.05, 4.69) is 26.6 Å². The number of hydrogen-bond acceptors (Lipinski definition) is 5. The summed E-state index contributed by atoms with van der Waals surface area (Å²) < 4.78 is 6.21. The van der Waals surface area contributed by atoms with Crippen molar-refractivity contribution < 1.29 is 14.3 Å². The van der Waals surface area contributed by atoms with E-state index in [0.29, 0.717) is 17.9 Å². The molecule has 8 heteroatoms. The first-order chi connectivity index (χ1) is 10.0. The first-order valence-electron chi connectivity index (χ1n) is 6.22. The SMILES string of the molecule is CSCCOC(=O)C1=C(C)NC(=O)N[C@H]1c1ccc(Br)s1. The van der Waals surface area contributed by atoms with E-state index in [-0.39, 0.29) is 6.03 Å². The summed E-state index contributed by atoms with van der Waals surface area (Å²) in [6.45, 7) is 2.06. The number of carbonyl (C=O) groups is 2. The Balaban J connectivity index is 2.26. The Morgan fingerprint density at radius 2 is 2.29 bits per heavy atom. The zero-order valence-corrected chi connectivity index (χ0v) is 14.8. The number of allylic oxidation sites excluding steroid dienone is 1. The van der Waals surface area contributed by atoms with Crippen molar-refractivity contribution in [3.05, 3.63) is 32.1 Å². The van der Waals surface area contributed by atoms with Crippen molar-refractivity contribution in [2.24, 2.45) is 0 Å². The Kier molecular flexibility index (Phi) is 5.72. The maximum atomic E-state index is 12.3. The number of nitrogens with one attached hydrogen (secondary N) is 2. The molecule has 21 heavy (non-hydrogen) atoms. The molecule has 0 saturated heterocycles. The van der Waals surface area contributed by atoms with E-state index in [0.717, 1.165) is 14.4 Å². The fraction of sp³-hybridized carbons (Fsp3) is 0.385. The van der Waals surface area contributed by atoms with Crippen LogP contribution in [0.1, 0.15) is 17.8 Å². The number of amides is 2. The van der Waals surface area contributed by atoms with Gasteiger partial charge in [0.05, 0.1) is 15.4 Å². The topological polar surface area (TPSA) is 67.4 Å². The third-order valence-electron chi connectivity index (χ3n) is 2.89. The van der Waals surface area contributed by atoms with Gasteiger partial charge >= 0.3 is 12.0 Å². The summed E-state index contributed by atoms with van der Waals surface area (Å²) in [5, 5.41) is 5.40. The third-order valence-corrected chi connectivity index (χ3v) is 5.15. The molecule has 2 rings (SSSR count). The lowest BCUT2D eigenvalue weighted by atomic mass is 10.0. The predicted molar refractivity (Wildman–Crippen MR) is 88.5 cm³/mol. The second kappa shape index (κ2) is 7.33. The highest BCUT2D eigenvalue weighted by Gasteiger charge is 2.32. The van der Waals surface area contributed by atoms with E-state index in [1.165, 1.54) is 11.3 Å². The molecule has 1 aliphatic heterocycles. The van der Waals surface area contributed by atoms with Crippen LogP contribution in [0.15, 0.2) is 27.2 Å². The van der Waals surface area contributed by atoms with Crippen molar-refractivity contribution in [1.82, 2.24) is 10.6 Å². The van der Waals surface area contributed by atoms with Crippen LogP contribution < -0.4 is 10.6 Å². The molecule has 2 heterocycles. The van der Waals surface area contributed by atoms with Crippen molar-refractivity contribution in [2.45, 2.75) is 13.0 Å². The average Bonchev–Trinajstić information content (AvgIpc) is 2.84. The lowest BCUT2D eigenvalue weighted by molar-refractivity contribution is -0.138. The van der Waals surface area contributed by atoms with Gasteiger partial charge in [-0.2, -0.15) is 11.8 Å². The minimum absolute atomic E-state index is 0.317. The largest absolute Gasteiger partial charge is 0.461 e. The highest BCUT2D eigenvalue weighted by atomic mass is 79.9. The summed E-state index contributed by atoms with van der Waals surface area (Å²) in [6.07, 6.45) is 1.95. The van der Waals surface area contributed by atoms with Gasteiger partial charge in [0.1, 0.15) is 6.61 Å². The van der Waals surface area contributed by atoms with Gasteiger partial charge < -0.3 is 15.4 Å². The highest BCUT2D eigenvalue weighted by molar-refractivity contribution is 9.11. The predicted octanol–water partition coefficient (Wildman–Crippen LogP) is 3.04. The Morgan fingerprint density at radius 3 is 2.90 bits per heavy atom. The van der Waals surface area contributed by atoms with Crippen LogP contribution in [0.4, 0.5) is 4.79 Å². The number of hydrogen-bond donors (Lipinski definition) is 2. The van der Waals surface area contributed by atoms with Crippen molar-refractivity contribution in [3.8, 4) is 0 Å². The van der Waals surface area contributed by atoms with Gasteiger partial charge in [-0.1, -0.05) is 0 Å². The summed E-state index contributed by atoms with van der Waals surface area (Å²) >= 11 is 6.48. The van der Waals surface area contributed by atoms with Gasteiger partial charge in [0, 0.05) is 16.3 Å². The molecular weight excluding hydrogens is 376 g/mol. The van der Waals surface area contributed by atoms with E-state index in [1.807, 2.05) is 18.4 Å². The Hall–Kier alpha value is -0.990. The number of ether oxygens (including phenoxy) is 1. The summed E-state index contributed by atoms with van der Waals surface area (Å²) in [4.78, 5) is 24.8. The Labute approximate surface area is 139 Å². The number of thiophene rings is 1. The fourth-order valence-corrected chi connectivity index (χ4v) is 3.69. The minimum Gasteiger partial charge on any atom is -0.461 e. The van der Waals surface area contributed by atoms with Crippen LogP contribution in [0.3, 0.4) is 0 Å². The van der Waals surface area contributed by atoms with Gasteiger partial charge in [-0.25, -0.2) is 9.59 Å². The smallest absolute Gasteiger partial charge is 0.338 e. The lowest BCUT2D eigenvalue weighted by Crippen LogP contribution is -2.45. The van der Waals surface area contributed by atoms with Crippen LogP contribution in [0.25, 0.3) is 0 Å². The molecule has 2 amide bonds. The van der Waals surface area contributed by atoms with E-state index >= 15 is 0 Å². The molecular formula is C13H15BrN2O3S2. The number of halogens is 1. The van der Waals surface area contributed by atoms with Gasteiger partial charge in [-0.3, -0.25) is 0 Å². The second-order valence-electron chi connectivity index (χ2n) is 4.34.